The van der Waals surface area contributed by atoms with Crippen molar-refractivity contribution >= 4 is 17.7 Å². The molecule has 0 saturated heterocycles. The lowest BCUT2D eigenvalue weighted by molar-refractivity contribution is 0.151. The lowest BCUT2D eigenvalue weighted by atomic mass is 10.2. The maximum atomic E-state index is 10.6. The van der Waals surface area contributed by atoms with E-state index in [1.54, 1.807) is 6.07 Å². The lowest BCUT2D eigenvalue weighted by Crippen LogP contribution is -2.38. The van der Waals surface area contributed by atoms with E-state index >= 15 is 0 Å². The molecule has 1 aromatic rings. The Morgan fingerprint density at radius 1 is 1.78 bits per heavy atom. The van der Waals surface area contributed by atoms with Gasteiger partial charge in [0, 0.05) is 13.5 Å². The zero-order valence-corrected chi connectivity index (χ0v) is 10.3. The van der Waals surface area contributed by atoms with E-state index in [2.05, 4.69) is 15.3 Å². The van der Waals surface area contributed by atoms with Gasteiger partial charge in [-0.3, -0.25) is 0 Å². The summed E-state index contributed by atoms with van der Waals surface area (Å²) in [6, 6.07) is 1.34. The quantitative estimate of drug-likeness (QED) is 0.820. The number of methoxy groups -OCH3 is 1. The first kappa shape index (κ1) is 14.2. The summed E-state index contributed by atoms with van der Waals surface area (Å²) in [6.45, 7) is 0.200. The molecule has 0 saturated carbocycles. The zero-order valence-electron chi connectivity index (χ0n) is 9.55. The molecule has 0 radical (unpaired) electrons. The van der Waals surface area contributed by atoms with Crippen LogP contribution in [0.4, 0.5) is 4.79 Å². The van der Waals surface area contributed by atoms with Crippen molar-refractivity contribution in [2.45, 2.75) is 12.5 Å². The molecule has 0 aliphatic carbocycles. The van der Waals surface area contributed by atoms with E-state index < -0.39 is 12.1 Å². The van der Waals surface area contributed by atoms with Crippen molar-refractivity contribution in [2.75, 3.05) is 13.7 Å². The molecule has 1 atom stereocenters. The van der Waals surface area contributed by atoms with E-state index in [-0.39, 0.29) is 23.9 Å². The Hall–Kier alpha value is -1.91. The molecule has 1 aromatic heterocycles. The highest BCUT2D eigenvalue weighted by Crippen LogP contribution is 2.10. The van der Waals surface area contributed by atoms with Crippen LogP contribution in [-0.4, -0.2) is 40.9 Å². The maximum Gasteiger partial charge on any atom is 0.404 e. The fourth-order valence-electron chi connectivity index (χ4n) is 1.35. The third kappa shape index (κ3) is 4.16. The van der Waals surface area contributed by atoms with Gasteiger partial charge in [0.25, 0.3) is 0 Å². The first-order valence-electron chi connectivity index (χ1n) is 4.96. The lowest BCUT2D eigenvalue weighted by Gasteiger charge is -2.15. The van der Waals surface area contributed by atoms with Crippen molar-refractivity contribution < 1.29 is 14.6 Å². The van der Waals surface area contributed by atoms with Gasteiger partial charge in [0.2, 0.25) is 0 Å². The number of carbonyl (C=O) groups is 1. The predicted molar refractivity (Wildman–Crippen MR) is 62.3 cm³/mol. The number of hydrogen-bond acceptors (Lipinski definition) is 5. The summed E-state index contributed by atoms with van der Waals surface area (Å²) in [6.07, 6.45) is 0.514. The molecule has 0 aliphatic rings. The standard InChI is InChI=1S/C10H11ClN4O3/c1-18-5-7(15-10(16)17)2-6-4-13-8(3-12)9(11)14-6/h4,7,15H,2,5H2,1H3,(H,16,17). The molecule has 1 heterocycles. The molecule has 0 bridgehead atoms. The van der Waals surface area contributed by atoms with Crippen LogP contribution in [0.1, 0.15) is 11.4 Å². The molecule has 0 fully saturated rings. The minimum absolute atomic E-state index is 0.00138. The van der Waals surface area contributed by atoms with Crippen LogP contribution in [0.2, 0.25) is 5.15 Å². The number of nitriles is 1. The number of ether oxygens (including phenoxy) is 1. The van der Waals surface area contributed by atoms with Crippen LogP contribution < -0.4 is 5.32 Å². The van der Waals surface area contributed by atoms with Crippen LogP contribution in [0.3, 0.4) is 0 Å². The number of amides is 1. The smallest absolute Gasteiger partial charge is 0.404 e. The van der Waals surface area contributed by atoms with Crippen molar-refractivity contribution in [3.05, 3.63) is 22.7 Å². The molecule has 0 aromatic carbocycles. The molecule has 1 amide bonds. The Morgan fingerprint density at radius 2 is 2.50 bits per heavy atom. The summed E-state index contributed by atoms with van der Waals surface area (Å²) >= 11 is 5.73. The first-order chi connectivity index (χ1) is 8.56. The van der Waals surface area contributed by atoms with Crippen LogP contribution in [0.15, 0.2) is 6.20 Å². The Bertz CT molecular complexity index is 475. The third-order valence-electron chi connectivity index (χ3n) is 2.04. The van der Waals surface area contributed by atoms with Crippen LogP contribution in [0.5, 0.6) is 0 Å². The number of nitrogens with one attached hydrogen (secondary N) is 1. The molecular weight excluding hydrogens is 260 g/mol. The average molecular weight is 271 g/mol. The molecule has 1 unspecified atom stereocenters. The van der Waals surface area contributed by atoms with Crippen molar-refractivity contribution in [2.24, 2.45) is 0 Å². The summed E-state index contributed by atoms with van der Waals surface area (Å²) in [5.41, 5.74) is 0.518. The minimum atomic E-state index is -1.15. The largest absolute Gasteiger partial charge is 0.465 e. The maximum absolute atomic E-state index is 10.6. The SMILES string of the molecule is COCC(Cc1cnc(C#N)c(Cl)n1)NC(=O)O. The Labute approximate surface area is 108 Å². The van der Waals surface area contributed by atoms with Crippen molar-refractivity contribution in [3.8, 4) is 6.07 Å². The number of hydrogen-bond donors (Lipinski definition) is 2. The van der Waals surface area contributed by atoms with Crippen LogP contribution in [0.25, 0.3) is 0 Å². The van der Waals surface area contributed by atoms with Gasteiger partial charge < -0.3 is 15.2 Å². The van der Waals surface area contributed by atoms with Crippen molar-refractivity contribution in [3.63, 3.8) is 0 Å². The number of halogens is 1. The zero-order chi connectivity index (χ0) is 13.5. The van der Waals surface area contributed by atoms with Gasteiger partial charge in [-0.1, -0.05) is 11.6 Å². The summed E-state index contributed by atoms with van der Waals surface area (Å²) < 4.78 is 4.89. The van der Waals surface area contributed by atoms with E-state index in [0.29, 0.717) is 5.69 Å². The highest BCUT2D eigenvalue weighted by atomic mass is 35.5. The van der Waals surface area contributed by atoms with Crippen molar-refractivity contribution in [1.29, 1.82) is 5.26 Å². The molecule has 1 rings (SSSR count). The molecule has 7 nitrogen and oxygen atoms in total. The van der Waals surface area contributed by atoms with E-state index in [1.807, 2.05) is 0 Å². The highest BCUT2D eigenvalue weighted by Gasteiger charge is 2.14. The topological polar surface area (TPSA) is 108 Å². The number of aromatic nitrogens is 2. The molecule has 0 aliphatic heterocycles. The van der Waals surface area contributed by atoms with Crippen molar-refractivity contribution in [1.82, 2.24) is 15.3 Å². The summed E-state index contributed by atoms with van der Waals surface area (Å²) in [4.78, 5) is 18.4. The van der Waals surface area contributed by atoms with E-state index in [4.69, 9.17) is 26.7 Å². The average Bonchev–Trinajstić information content (AvgIpc) is 2.28. The number of carboxylic acid groups (broad SMARTS) is 1. The second-order valence-electron chi connectivity index (χ2n) is 3.42. The fraction of sp³-hybridized carbons (Fsp3) is 0.400. The van der Waals surface area contributed by atoms with Gasteiger partial charge in [-0.25, -0.2) is 14.8 Å². The molecular formula is C10H11ClN4O3. The minimum Gasteiger partial charge on any atom is -0.465 e. The third-order valence-corrected chi connectivity index (χ3v) is 2.30. The highest BCUT2D eigenvalue weighted by molar-refractivity contribution is 6.30. The van der Waals surface area contributed by atoms with Gasteiger partial charge in [0.1, 0.15) is 6.07 Å². The van der Waals surface area contributed by atoms with Gasteiger partial charge in [-0.15, -0.1) is 0 Å². The van der Waals surface area contributed by atoms with Gasteiger partial charge in [0.15, 0.2) is 10.8 Å². The number of nitrogens with zero attached hydrogens (tertiary/aromatic N) is 3. The van der Waals surface area contributed by atoms with E-state index in [0.717, 1.165) is 0 Å². The van der Waals surface area contributed by atoms with E-state index in [1.165, 1.54) is 13.3 Å². The second kappa shape index (κ2) is 6.74. The predicted octanol–water partition coefficient (Wildman–Crippen LogP) is 0.827. The van der Waals surface area contributed by atoms with Gasteiger partial charge in [-0.05, 0) is 0 Å². The van der Waals surface area contributed by atoms with Crippen LogP contribution >= 0.6 is 11.6 Å². The summed E-state index contributed by atoms with van der Waals surface area (Å²) in [5.74, 6) is 0. The van der Waals surface area contributed by atoms with Gasteiger partial charge >= 0.3 is 6.09 Å². The Morgan fingerprint density at radius 3 is 3.00 bits per heavy atom. The molecule has 0 spiro atoms. The monoisotopic (exact) mass is 270 g/mol. The summed E-state index contributed by atoms with van der Waals surface area (Å²) in [7, 11) is 1.47. The normalized spacial score (nSPS) is 11.6. The second-order valence-corrected chi connectivity index (χ2v) is 3.78. The molecule has 8 heteroatoms. The number of rotatable bonds is 5. The van der Waals surface area contributed by atoms with Gasteiger partial charge in [0.05, 0.1) is 24.5 Å². The first-order valence-corrected chi connectivity index (χ1v) is 5.34. The van der Waals surface area contributed by atoms with Crippen LogP contribution in [-0.2, 0) is 11.2 Å². The van der Waals surface area contributed by atoms with E-state index in [9.17, 15) is 4.79 Å². The summed E-state index contributed by atoms with van der Waals surface area (Å²) in [5, 5.41) is 19.6. The molecule has 96 valence electrons. The van der Waals surface area contributed by atoms with Gasteiger partial charge in [-0.2, -0.15) is 5.26 Å². The Kier molecular flexibility index (Phi) is 5.30. The molecule has 2 N–H and O–H groups in total. The fourth-order valence-corrected chi connectivity index (χ4v) is 1.55. The Balaban J connectivity index is 2.77. The van der Waals surface area contributed by atoms with Crippen LogP contribution in [0, 0.1) is 11.3 Å². The molecule has 18 heavy (non-hydrogen) atoms.